The van der Waals surface area contributed by atoms with Gasteiger partial charge in [-0.1, -0.05) is 0 Å². The molecule has 1 aromatic carbocycles. The zero-order valence-corrected chi connectivity index (χ0v) is 14.2. The van der Waals surface area contributed by atoms with Crippen LogP contribution in [-0.2, 0) is 14.3 Å². The van der Waals surface area contributed by atoms with Crippen LogP contribution in [-0.4, -0.2) is 56.0 Å². The van der Waals surface area contributed by atoms with Crippen molar-refractivity contribution in [2.75, 3.05) is 36.0 Å². The largest absolute Gasteiger partial charge is 0.442 e. The number of nitrogens with zero attached hydrogens (tertiary/aromatic N) is 2. The van der Waals surface area contributed by atoms with E-state index in [4.69, 9.17) is 4.74 Å². The van der Waals surface area contributed by atoms with Crippen LogP contribution in [0.2, 0.25) is 0 Å². The van der Waals surface area contributed by atoms with Gasteiger partial charge in [0.25, 0.3) is 0 Å². The number of Topliss-reactive ketones (excluding diaryl/α,β-unsaturated/α-hetero) is 1. The SMILES string of the molecule is CC(=O)NC[C@H]1CN(c2ccc(N3CCC(=O)C(F)(F)C3)cc2)C(=O)O1. The summed E-state index contributed by atoms with van der Waals surface area (Å²) in [6.45, 7) is 1.49. The molecule has 0 bridgehead atoms. The molecule has 140 valence electrons. The molecule has 2 fully saturated rings. The fraction of sp³-hybridized carbons (Fsp3) is 0.471. The van der Waals surface area contributed by atoms with Crippen LogP contribution in [0.25, 0.3) is 0 Å². The average Bonchev–Trinajstić information content (AvgIpc) is 2.96. The Kier molecular flexibility index (Phi) is 4.80. The molecule has 26 heavy (non-hydrogen) atoms. The van der Waals surface area contributed by atoms with Crippen molar-refractivity contribution in [3.63, 3.8) is 0 Å². The number of cyclic esters (lactones) is 1. The van der Waals surface area contributed by atoms with Gasteiger partial charge in [-0.05, 0) is 24.3 Å². The maximum Gasteiger partial charge on any atom is 0.414 e. The van der Waals surface area contributed by atoms with E-state index in [0.29, 0.717) is 11.4 Å². The zero-order valence-electron chi connectivity index (χ0n) is 14.2. The molecule has 0 radical (unpaired) electrons. The summed E-state index contributed by atoms with van der Waals surface area (Å²) >= 11 is 0. The minimum Gasteiger partial charge on any atom is -0.442 e. The van der Waals surface area contributed by atoms with Gasteiger partial charge < -0.3 is 15.0 Å². The molecule has 1 atom stereocenters. The second kappa shape index (κ2) is 6.89. The molecule has 2 heterocycles. The molecule has 0 aromatic heterocycles. The molecule has 7 nitrogen and oxygen atoms in total. The Bertz CT molecular complexity index is 723. The first kappa shape index (κ1) is 18.1. The molecular weight excluding hydrogens is 348 g/mol. The minimum absolute atomic E-state index is 0.196. The topological polar surface area (TPSA) is 79.0 Å². The van der Waals surface area contributed by atoms with E-state index < -0.39 is 30.4 Å². The van der Waals surface area contributed by atoms with E-state index in [1.165, 1.54) is 16.7 Å². The second-order valence-corrected chi connectivity index (χ2v) is 6.37. The van der Waals surface area contributed by atoms with E-state index in [9.17, 15) is 23.2 Å². The number of amides is 2. The number of rotatable bonds is 4. The number of ketones is 1. The highest BCUT2D eigenvalue weighted by Crippen LogP contribution is 2.30. The van der Waals surface area contributed by atoms with Gasteiger partial charge in [-0.2, -0.15) is 8.78 Å². The molecule has 0 spiro atoms. The van der Waals surface area contributed by atoms with Gasteiger partial charge in [0.05, 0.1) is 19.6 Å². The molecule has 0 saturated carbocycles. The summed E-state index contributed by atoms with van der Waals surface area (Å²) in [6.07, 6.45) is -1.17. The number of alkyl halides is 2. The molecule has 2 aliphatic rings. The van der Waals surface area contributed by atoms with E-state index in [1.807, 2.05) is 0 Å². The number of hydrogen-bond donors (Lipinski definition) is 1. The highest BCUT2D eigenvalue weighted by molar-refractivity contribution is 5.90. The van der Waals surface area contributed by atoms with Crippen LogP contribution in [0.1, 0.15) is 13.3 Å². The van der Waals surface area contributed by atoms with Gasteiger partial charge in [-0.15, -0.1) is 0 Å². The molecule has 1 aromatic rings. The molecule has 3 rings (SSSR count). The summed E-state index contributed by atoms with van der Waals surface area (Å²) in [5.74, 6) is -4.58. The molecule has 2 amide bonds. The Morgan fingerprint density at radius 3 is 2.54 bits per heavy atom. The van der Waals surface area contributed by atoms with E-state index in [1.54, 1.807) is 24.3 Å². The summed E-state index contributed by atoms with van der Waals surface area (Å²) in [4.78, 5) is 37.0. The molecular formula is C17H19F2N3O4. The lowest BCUT2D eigenvalue weighted by molar-refractivity contribution is -0.143. The van der Waals surface area contributed by atoms with E-state index in [0.717, 1.165) is 0 Å². The lowest BCUT2D eigenvalue weighted by Gasteiger charge is -2.33. The number of nitrogens with one attached hydrogen (secondary N) is 1. The average molecular weight is 367 g/mol. The van der Waals surface area contributed by atoms with Crippen molar-refractivity contribution in [2.45, 2.75) is 25.4 Å². The number of anilines is 2. The Morgan fingerprint density at radius 1 is 1.27 bits per heavy atom. The van der Waals surface area contributed by atoms with Gasteiger partial charge >= 0.3 is 12.0 Å². The Morgan fingerprint density at radius 2 is 1.92 bits per heavy atom. The van der Waals surface area contributed by atoms with Crippen LogP contribution in [0.4, 0.5) is 25.0 Å². The van der Waals surface area contributed by atoms with Crippen LogP contribution in [0.15, 0.2) is 24.3 Å². The van der Waals surface area contributed by atoms with Gasteiger partial charge in [0.1, 0.15) is 6.10 Å². The second-order valence-electron chi connectivity index (χ2n) is 6.37. The fourth-order valence-electron chi connectivity index (χ4n) is 2.99. The number of carbonyl (C=O) groups is 3. The van der Waals surface area contributed by atoms with Crippen LogP contribution in [0.3, 0.4) is 0 Å². The first-order valence-corrected chi connectivity index (χ1v) is 8.25. The van der Waals surface area contributed by atoms with Crippen LogP contribution in [0.5, 0.6) is 0 Å². The maximum absolute atomic E-state index is 13.6. The van der Waals surface area contributed by atoms with E-state index in [-0.39, 0.29) is 32.0 Å². The predicted molar refractivity (Wildman–Crippen MR) is 89.5 cm³/mol. The highest BCUT2D eigenvalue weighted by atomic mass is 19.3. The Hall–Kier alpha value is -2.71. The first-order chi connectivity index (χ1) is 12.3. The van der Waals surface area contributed by atoms with E-state index in [2.05, 4.69) is 5.32 Å². The predicted octanol–water partition coefficient (Wildman–Crippen LogP) is 1.56. The molecule has 1 N–H and O–H groups in total. The zero-order chi connectivity index (χ0) is 18.9. The molecule has 0 unspecified atom stereocenters. The third-order valence-electron chi connectivity index (χ3n) is 4.39. The van der Waals surface area contributed by atoms with Crippen molar-refractivity contribution in [2.24, 2.45) is 0 Å². The summed E-state index contributed by atoms with van der Waals surface area (Å²) in [5.41, 5.74) is 1.13. The monoisotopic (exact) mass is 367 g/mol. The van der Waals surface area contributed by atoms with Crippen molar-refractivity contribution < 1.29 is 27.9 Å². The summed E-state index contributed by atoms with van der Waals surface area (Å²) in [7, 11) is 0. The molecule has 0 aliphatic carbocycles. The number of halogens is 2. The summed E-state index contributed by atoms with van der Waals surface area (Å²) in [5, 5.41) is 2.60. The first-order valence-electron chi connectivity index (χ1n) is 8.25. The van der Waals surface area contributed by atoms with E-state index >= 15 is 0 Å². The van der Waals surface area contributed by atoms with Crippen molar-refractivity contribution in [3.8, 4) is 0 Å². The maximum atomic E-state index is 13.6. The Balaban J connectivity index is 1.65. The van der Waals surface area contributed by atoms with Gasteiger partial charge in [0.2, 0.25) is 11.7 Å². The van der Waals surface area contributed by atoms with Gasteiger partial charge in [0, 0.05) is 31.3 Å². The van der Waals surface area contributed by atoms with Gasteiger partial charge in [0.15, 0.2) is 0 Å². The normalized spacial score (nSPS) is 22.3. The Labute approximate surface area is 148 Å². The third kappa shape index (κ3) is 3.76. The number of piperidine rings is 1. The van der Waals surface area contributed by atoms with Crippen molar-refractivity contribution in [1.29, 1.82) is 0 Å². The number of hydrogen-bond acceptors (Lipinski definition) is 5. The molecule has 9 heteroatoms. The summed E-state index contributed by atoms with van der Waals surface area (Å²) < 4.78 is 32.4. The highest BCUT2D eigenvalue weighted by Gasteiger charge is 2.43. The van der Waals surface area contributed by atoms with Crippen LogP contribution >= 0.6 is 0 Å². The van der Waals surface area contributed by atoms with Gasteiger partial charge in [-0.25, -0.2) is 4.79 Å². The molecule has 2 saturated heterocycles. The van der Waals surface area contributed by atoms with Crippen molar-refractivity contribution in [3.05, 3.63) is 24.3 Å². The number of carbonyl (C=O) groups excluding carboxylic acids is 3. The number of benzene rings is 1. The lowest BCUT2D eigenvalue weighted by Crippen LogP contribution is -2.49. The standard InChI is InChI=1S/C17H19F2N3O4/c1-11(23)20-8-14-9-22(16(25)26-14)13-4-2-12(3-5-13)21-7-6-15(24)17(18,19)10-21/h2-5,14H,6-10H2,1H3,(H,20,23)/t14-/m0/s1. The van der Waals surface area contributed by atoms with Crippen molar-refractivity contribution >= 4 is 29.2 Å². The van der Waals surface area contributed by atoms with Crippen LogP contribution < -0.4 is 15.1 Å². The van der Waals surface area contributed by atoms with Crippen LogP contribution in [0, 0.1) is 0 Å². The smallest absolute Gasteiger partial charge is 0.414 e. The fourth-order valence-corrected chi connectivity index (χ4v) is 2.99. The number of ether oxygens (including phenoxy) is 1. The third-order valence-corrected chi connectivity index (χ3v) is 4.39. The minimum atomic E-state index is -3.34. The van der Waals surface area contributed by atoms with Crippen molar-refractivity contribution in [1.82, 2.24) is 5.32 Å². The lowest BCUT2D eigenvalue weighted by atomic mass is 10.0. The summed E-state index contributed by atoms with van der Waals surface area (Å²) in [6, 6.07) is 6.56. The van der Waals surface area contributed by atoms with Gasteiger partial charge in [-0.3, -0.25) is 14.5 Å². The quantitative estimate of drug-likeness (QED) is 0.874. The molecule has 2 aliphatic heterocycles.